The minimum atomic E-state index is -0.969. The number of carboxylic acid groups (broad SMARTS) is 1. The third kappa shape index (κ3) is 2.22. The van der Waals surface area contributed by atoms with Crippen molar-refractivity contribution in [3.63, 3.8) is 0 Å². The predicted molar refractivity (Wildman–Crippen MR) is 57.4 cm³/mol. The van der Waals surface area contributed by atoms with E-state index in [9.17, 15) is 9.59 Å². The molecular formula is C10H12N4O3. The van der Waals surface area contributed by atoms with Gasteiger partial charge in [-0.25, -0.2) is 4.98 Å². The molecule has 2 rings (SSSR count). The van der Waals surface area contributed by atoms with Crippen LogP contribution in [0.3, 0.4) is 0 Å². The van der Waals surface area contributed by atoms with Crippen LogP contribution in [-0.2, 0) is 9.59 Å². The molecule has 1 aliphatic heterocycles. The van der Waals surface area contributed by atoms with Crippen LogP contribution in [0.4, 0.5) is 5.95 Å². The molecule has 90 valence electrons. The molecule has 0 bridgehead atoms. The van der Waals surface area contributed by atoms with Crippen LogP contribution in [-0.4, -0.2) is 38.5 Å². The summed E-state index contributed by atoms with van der Waals surface area (Å²) < 4.78 is 0. The number of aliphatic carboxylic acids is 1. The fraction of sp³-hybridized carbons (Fsp3) is 0.500. The molecule has 0 spiro atoms. The van der Waals surface area contributed by atoms with Gasteiger partial charge < -0.3 is 5.11 Å². The van der Waals surface area contributed by atoms with Crippen LogP contribution >= 0.6 is 0 Å². The number of nitrogens with zero attached hydrogens (tertiary/aromatic N) is 4. The summed E-state index contributed by atoms with van der Waals surface area (Å²) >= 11 is 0. The highest BCUT2D eigenvalue weighted by molar-refractivity contribution is 5.97. The molecule has 0 saturated carbocycles. The second-order valence-corrected chi connectivity index (χ2v) is 3.97. The Morgan fingerprint density at radius 1 is 1.29 bits per heavy atom. The summed E-state index contributed by atoms with van der Waals surface area (Å²) in [7, 11) is 0. The summed E-state index contributed by atoms with van der Waals surface area (Å²) in [6.07, 6.45) is -0.000882. The molecule has 1 unspecified atom stereocenters. The molecule has 1 aliphatic rings. The summed E-state index contributed by atoms with van der Waals surface area (Å²) in [5.74, 6) is -0.646. The lowest BCUT2D eigenvalue weighted by molar-refractivity contribution is -0.141. The van der Waals surface area contributed by atoms with E-state index < -0.39 is 11.9 Å². The first-order valence-corrected chi connectivity index (χ1v) is 5.20. The van der Waals surface area contributed by atoms with E-state index in [-0.39, 0.29) is 24.8 Å². The fourth-order valence-corrected chi connectivity index (χ4v) is 1.79. The first-order valence-electron chi connectivity index (χ1n) is 5.20. The van der Waals surface area contributed by atoms with Crippen LogP contribution in [0.25, 0.3) is 0 Å². The first-order chi connectivity index (χ1) is 7.97. The minimum absolute atomic E-state index is 0.000882. The van der Waals surface area contributed by atoms with Crippen LogP contribution < -0.4 is 4.90 Å². The summed E-state index contributed by atoms with van der Waals surface area (Å²) in [4.78, 5) is 35.9. The monoisotopic (exact) mass is 236 g/mol. The Labute approximate surface area is 97.5 Å². The highest BCUT2D eigenvalue weighted by atomic mass is 16.4. The molecule has 1 saturated heterocycles. The van der Waals surface area contributed by atoms with Gasteiger partial charge >= 0.3 is 5.97 Å². The van der Waals surface area contributed by atoms with Crippen molar-refractivity contribution in [2.24, 2.45) is 5.92 Å². The largest absolute Gasteiger partial charge is 0.481 e. The first kappa shape index (κ1) is 11.4. The lowest BCUT2D eigenvalue weighted by atomic mass is 10.1. The van der Waals surface area contributed by atoms with Gasteiger partial charge in [0, 0.05) is 13.0 Å². The van der Waals surface area contributed by atoms with E-state index in [1.165, 1.54) is 4.90 Å². The van der Waals surface area contributed by atoms with E-state index in [2.05, 4.69) is 15.0 Å². The quantitative estimate of drug-likeness (QED) is 0.771. The molecule has 7 nitrogen and oxygen atoms in total. The molecule has 17 heavy (non-hydrogen) atoms. The zero-order valence-corrected chi connectivity index (χ0v) is 9.54. The van der Waals surface area contributed by atoms with Gasteiger partial charge in [-0.1, -0.05) is 0 Å². The number of hydrogen-bond acceptors (Lipinski definition) is 5. The van der Waals surface area contributed by atoms with Gasteiger partial charge in [-0.3, -0.25) is 14.5 Å². The standard InChI is InChI=1S/C10H12N4O3/c1-5-11-6(2)13-10(12-5)14-4-7(9(16)17)3-8(14)15/h7H,3-4H2,1-2H3,(H,16,17). The fourth-order valence-electron chi connectivity index (χ4n) is 1.79. The lowest BCUT2D eigenvalue weighted by Crippen LogP contribution is -2.28. The molecule has 1 atom stereocenters. The molecule has 2 heterocycles. The van der Waals surface area contributed by atoms with Crippen molar-refractivity contribution in [1.29, 1.82) is 0 Å². The molecule has 1 N–H and O–H groups in total. The Balaban J connectivity index is 2.28. The van der Waals surface area contributed by atoms with Crippen molar-refractivity contribution < 1.29 is 14.7 Å². The number of hydrogen-bond donors (Lipinski definition) is 1. The number of carbonyl (C=O) groups excluding carboxylic acids is 1. The van der Waals surface area contributed by atoms with Crippen LogP contribution in [0.2, 0.25) is 0 Å². The van der Waals surface area contributed by atoms with Crippen LogP contribution in [0.5, 0.6) is 0 Å². The smallest absolute Gasteiger partial charge is 0.308 e. The third-order valence-electron chi connectivity index (χ3n) is 2.56. The van der Waals surface area contributed by atoms with Crippen molar-refractivity contribution in [3.05, 3.63) is 11.6 Å². The number of anilines is 1. The number of carboxylic acids is 1. The van der Waals surface area contributed by atoms with Crippen molar-refractivity contribution in [2.75, 3.05) is 11.4 Å². The average molecular weight is 236 g/mol. The second kappa shape index (κ2) is 4.08. The maximum atomic E-state index is 11.7. The van der Waals surface area contributed by atoms with Crippen molar-refractivity contribution >= 4 is 17.8 Å². The maximum Gasteiger partial charge on any atom is 0.308 e. The van der Waals surface area contributed by atoms with E-state index in [0.717, 1.165) is 0 Å². The van der Waals surface area contributed by atoms with E-state index in [1.807, 2.05) is 0 Å². The summed E-state index contributed by atoms with van der Waals surface area (Å²) in [6, 6.07) is 0. The highest BCUT2D eigenvalue weighted by Crippen LogP contribution is 2.22. The molecule has 0 radical (unpaired) electrons. The number of aromatic nitrogens is 3. The molecular weight excluding hydrogens is 224 g/mol. The Bertz CT molecular complexity index is 468. The van der Waals surface area contributed by atoms with Crippen LogP contribution in [0.15, 0.2) is 0 Å². The van der Waals surface area contributed by atoms with Gasteiger partial charge in [-0.05, 0) is 13.8 Å². The zero-order valence-electron chi connectivity index (χ0n) is 9.54. The van der Waals surface area contributed by atoms with Crippen LogP contribution in [0.1, 0.15) is 18.1 Å². The number of aryl methyl sites for hydroxylation is 2. The van der Waals surface area contributed by atoms with Crippen LogP contribution in [0, 0.1) is 19.8 Å². The van der Waals surface area contributed by atoms with Gasteiger partial charge in [0.15, 0.2) is 0 Å². The number of rotatable bonds is 2. The molecule has 1 amide bonds. The lowest BCUT2D eigenvalue weighted by Gasteiger charge is -2.14. The van der Waals surface area contributed by atoms with E-state index >= 15 is 0 Å². The van der Waals surface area contributed by atoms with Gasteiger partial charge in [0.2, 0.25) is 11.9 Å². The SMILES string of the molecule is Cc1nc(C)nc(N2CC(C(=O)O)CC2=O)n1. The summed E-state index contributed by atoms with van der Waals surface area (Å²) in [5, 5.41) is 8.87. The van der Waals surface area contributed by atoms with E-state index in [0.29, 0.717) is 11.6 Å². The van der Waals surface area contributed by atoms with Gasteiger partial charge in [-0.15, -0.1) is 0 Å². The maximum absolute atomic E-state index is 11.7. The van der Waals surface area contributed by atoms with E-state index in [4.69, 9.17) is 5.11 Å². The van der Waals surface area contributed by atoms with Gasteiger partial charge in [0.25, 0.3) is 0 Å². The zero-order chi connectivity index (χ0) is 12.6. The Morgan fingerprint density at radius 3 is 2.35 bits per heavy atom. The molecule has 1 aromatic rings. The van der Waals surface area contributed by atoms with Gasteiger partial charge in [-0.2, -0.15) is 9.97 Å². The molecule has 1 fully saturated rings. The average Bonchev–Trinajstić information content (AvgIpc) is 2.59. The second-order valence-electron chi connectivity index (χ2n) is 3.97. The third-order valence-corrected chi connectivity index (χ3v) is 2.56. The normalized spacial score (nSPS) is 19.8. The van der Waals surface area contributed by atoms with Gasteiger partial charge in [0.05, 0.1) is 5.92 Å². The number of amides is 1. The van der Waals surface area contributed by atoms with Crippen molar-refractivity contribution in [3.8, 4) is 0 Å². The Hall–Kier alpha value is -2.05. The molecule has 0 aliphatic carbocycles. The Kier molecular flexibility index (Phi) is 2.74. The summed E-state index contributed by atoms with van der Waals surface area (Å²) in [5.41, 5.74) is 0. The highest BCUT2D eigenvalue weighted by Gasteiger charge is 2.36. The topological polar surface area (TPSA) is 96.3 Å². The number of carbonyl (C=O) groups is 2. The van der Waals surface area contributed by atoms with E-state index in [1.54, 1.807) is 13.8 Å². The summed E-state index contributed by atoms with van der Waals surface area (Å²) in [6.45, 7) is 3.53. The minimum Gasteiger partial charge on any atom is -0.481 e. The molecule has 7 heteroatoms. The molecule has 0 aromatic carbocycles. The Morgan fingerprint density at radius 2 is 1.88 bits per heavy atom. The van der Waals surface area contributed by atoms with Crippen molar-refractivity contribution in [2.45, 2.75) is 20.3 Å². The van der Waals surface area contributed by atoms with Gasteiger partial charge in [0.1, 0.15) is 11.6 Å². The molecule has 1 aromatic heterocycles. The predicted octanol–water partition coefficient (Wildman–Crippen LogP) is -0.0741. The van der Waals surface area contributed by atoms with Crippen molar-refractivity contribution in [1.82, 2.24) is 15.0 Å².